The molecule has 33 heavy (non-hydrogen) atoms. The molecule has 3 aromatic carbocycles. The van der Waals surface area contributed by atoms with Gasteiger partial charge in [-0.2, -0.15) is 0 Å². The van der Waals surface area contributed by atoms with Crippen molar-refractivity contribution in [3.63, 3.8) is 0 Å². The number of nitrogens with zero attached hydrogens (tertiary/aromatic N) is 1. The molecule has 5 aromatic rings. The van der Waals surface area contributed by atoms with Crippen molar-refractivity contribution in [1.82, 2.24) is 10.3 Å². The summed E-state index contributed by atoms with van der Waals surface area (Å²) >= 11 is 22.4. The van der Waals surface area contributed by atoms with Crippen LogP contribution in [0.4, 0.5) is 5.69 Å². The molecule has 0 fully saturated rings. The molecule has 0 unspecified atom stereocenters. The number of thiocarbonyl (C=S) groups is 1. The molecule has 0 saturated carbocycles. The largest absolute Gasteiger partial charge is 0.436 e. The number of hydrogen-bond donors (Lipinski definition) is 2. The van der Waals surface area contributed by atoms with Crippen LogP contribution in [0.2, 0.25) is 10.0 Å². The average molecular weight is 577 g/mol. The maximum atomic E-state index is 12.7. The Morgan fingerprint density at radius 1 is 1.06 bits per heavy atom. The van der Waals surface area contributed by atoms with Gasteiger partial charge in [-0.15, -0.1) is 11.3 Å². The van der Waals surface area contributed by atoms with Crippen molar-refractivity contribution in [2.24, 2.45) is 0 Å². The second-order valence-corrected chi connectivity index (χ2v) is 10.2. The number of carbonyl (C=O) groups excluding carboxylic acids is 1. The van der Waals surface area contributed by atoms with Crippen molar-refractivity contribution in [2.45, 2.75) is 0 Å². The van der Waals surface area contributed by atoms with Crippen molar-refractivity contribution >= 4 is 101 Å². The predicted octanol–water partition coefficient (Wildman–Crippen LogP) is 7.91. The Labute approximate surface area is 215 Å². The highest BCUT2D eigenvalue weighted by molar-refractivity contribution is 9.10. The number of anilines is 1. The second-order valence-electron chi connectivity index (χ2n) is 7.00. The fourth-order valence-electron chi connectivity index (χ4n) is 3.23. The van der Waals surface area contributed by atoms with E-state index in [0.29, 0.717) is 37.6 Å². The Kier molecular flexibility index (Phi) is 6.11. The minimum Gasteiger partial charge on any atom is -0.436 e. The Morgan fingerprint density at radius 3 is 2.64 bits per heavy atom. The van der Waals surface area contributed by atoms with E-state index >= 15 is 0 Å². The number of aromatic nitrogens is 1. The summed E-state index contributed by atoms with van der Waals surface area (Å²) in [7, 11) is 0. The number of benzene rings is 3. The van der Waals surface area contributed by atoms with Crippen LogP contribution in [0.15, 0.2) is 69.6 Å². The van der Waals surface area contributed by atoms with E-state index in [2.05, 4.69) is 31.5 Å². The Balaban J connectivity index is 1.32. The zero-order chi connectivity index (χ0) is 23.1. The zero-order valence-corrected chi connectivity index (χ0v) is 21.2. The minimum atomic E-state index is -0.394. The number of oxazole rings is 1. The van der Waals surface area contributed by atoms with Crippen molar-refractivity contribution in [3.05, 3.63) is 80.1 Å². The van der Waals surface area contributed by atoms with Crippen LogP contribution in [-0.4, -0.2) is 16.0 Å². The molecule has 5 nitrogen and oxygen atoms in total. The van der Waals surface area contributed by atoms with Gasteiger partial charge >= 0.3 is 0 Å². The zero-order valence-electron chi connectivity index (χ0n) is 16.5. The third kappa shape index (κ3) is 4.62. The SMILES string of the molecule is O=C(NC(=S)Nc1ccc2oc(-c3ccc(Br)cc3)nc2c1)c1sc2cc(Cl)ccc2c1Cl. The van der Waals surface area contributed by atoms with E-state index in [1.165, 1.54) is 11.3 Å². The summed E-state index contributed by atoms with van der Waals surface area (Å²) in [6, 6.07) is 18.4. The fourth-order valence-corrected chi connectivity index (χ4v) is 5.39. The minimum absolute atomic E-state index is 0.141. The van der Waals surface area contributed by atoms with E-state index in [9.17, 15) is 4.79 Å². The molecule has 2 heterocycles. The fraction of sp³-hybridized carbons (Fsp3) is 0. The third-order valence-electron chi connectivity index (χ3n) is 4.76. The smallest absolute Gasteiger partial charge is 0.269 e. The van der Waals surface area contributed by atoms with Crippen molar-refractivity contribution in [1.29, 1.82) is 0 Å². The maximum absolute atomic E-state index is 12.7. The lowest BCUT2D eigenvalue weighted by atomic mass is 10.2. The average Bonchev–Trinajstić information content (AvgIpc) is 3.34. The van der Waals surface area contributed by atoms with Gasteiger partial charge < -0.3 is 9.73 Å². The molecule has 0 radical (unpaired) electrons. The van der Waals surface area contributed by atoms with Gasteiger partial charge in [0, 0.05) is 30.8 Å². The summed E-state index contributed by atoms with van der Waals surface area (Å²) in [4.78, 5) is 17.7. The molecule has 0 aliphatic rings. The molecular weight excluding hydrogens is 565 g/mol. The molecule has 0 bridgehead atoms. The van der Waals surface area contributed by atoms with Crippen LogP contribution in [0.1, 0.15) is 9.67 Å². The van der Waals surface area contributed by atoms with Crippen molar-refractivity contribution in [2.75, 3.05) is 5.32 Å². The summed E-state index contributed by atoms with van der Waals surface area (Å²) in [5.74, 6) is 0.125. The van der Waals surface area contributed by atoms with Gasteiger partial charge in [0.1, 0.15) is 10.4 Å². The molecule has 164 valence electrons. The summed E-state index contributed by atoms with van der Waals surface area (Å²) < 4.78 is 7.65. The van der Waals surface area contributed by atoms with Crippen LogP contribution in [0, 0.1) is 0 Å². The molecule has 0 aliphatic carbocycles. The van der Waals surface area contributed by atoms with Crippen LogP contribution in [-0.2, 0) is 0 Å². The van der Waals surface area contributed by atoms with Crippen LogP contribution in [0.25, 0.3) is 32.6 Å². The molecule has 2 N–H and O–H groups in total. The standard InChI is InChI=1S/C23H12BrCl2N3O2S2/c24-12-3-1-11(2-4-12)22-28-16-10-14(6-8-17(16)31-22)27-23(32)29-21(30)20-19(26)15-7-5-13(25)9-18(15)33-20/h1-10H,(H2,27,29,30,32). The van der Waals surface area contributed by atoms with Crippen LogP contribution < -0.4 is 10.6 Å². The Bertz CT molecular complexity index is 1550. The van der Waals surface area contributed by atoms with Gasteiger partial charge in [-0.1, -0.05) is 45.2 Å². The number of amides is 1. The topological polar surface area (TPSA) is 67.2 Å². The van der Waals surface area contributed by atoms with E-state index in [4.69, 9.17) is 39.8 Å². The molecule has 0 aliphatic heterocycles. The van der Waals surface area contributed by atoms with Gasteiger partial charge in [0.05, 0.1) is 5.02 Å². The molecule has 2 aromatic heterocycles. The maximum Gasteiger partial charge on any atom is 0.269 e. The van der Waals surface area contributed by atoms with Gasteiger partial charge in [-0.25, -0.2) is 4.98 Å². The third-order valence-corrected chi connectivity index (χ3v) is 7.39. The summed E-state index contributed by atoms with van der Waals surface area (Å²) in [5.41, 5.74) is 2.84. The second kappa shape index (κ2) is 9.04. The van der Waals surface area contributed by atoms with E-state index in [1.807, 2.05) is 24.3 Å². The number of hydrogen-bond acceptors (Lipinski definition) is 5. The normalized spacial score (nSPS) is 11.1. The number of halogens is 3. The molecule has 5 rings (SSSR count). The van der Waals surface area contributed by atoms with Crippen LogP contribution >= 0.6 is 62.7 Å². The van der Waals surface area contributed by atoms with Gasteiger partial charge in [-0.05, 0) is 66.8 Å². The first-order chi connectivity index (χ1) is 15.9. The first kappa shape index (κ1) is 22.3. The molecule has 0 spiro atoms. The van der Waals surface area contributed by atoms with Crippen molar-refractivity contribution in [3.8, 4) is 11.5 Å². The first-order valence-corrected chi connectivity index (χ1v) is 12.3. The lowest BCUT2D eigenvalue weighted by molar-refractivity contribution is 0.0982. The van der Waals surface area contributed by atoms with Crippen LogP contribution in [0.3, 0.4) is 0 Å². The number of rotatable bonds is 3. The molecule has 10 heteroatoms. The van der Waals surface area contributed by atoms with E-state index in [-0.39, 0.29) is 5.11 Å². The molecule has 0 saturated heterocycles. The van der Waals surface area contributed by atoms with Gasteiger partial charge in [0.25, 0.3) is 5.91 Å². The lowest BCUT2D eigenvalue weighted by Gasteiger charge is -2.08. The molecule has 1 amide bonds. The van der Waals surface area contributed by atoms with Gasteiger partial charge in [0.15, 0.2) is 10.7 Å². The number of carbonyl (C=O) groups is 1. The highest BCUT2D eigenvalue weighted by Crippen LogP contribution is 2.36. The van der Waals surface area contributed by atoms with E-state index in [1.54, 1.807) is 36.4 Å². The summed E-state index contributed by atoms with van der Waals surface area (Å²) in [6.07, 6.45) is 0. The Morgan fingerprint density at radius 2 is 1.85 bits per heavy atom. The predicted molar refractivity (Wildman–Crippen MR) is 143 cm³/mol. The lowest BCUT2D eigenvalue weighted by Crippen LogP contribution is -2.33. The van der Waals surface area contributed by atoms with Gasteiger partial charge in [-0.3, -0.25) is 10.1 Å². The van der Waals surface area contributed by atoms with Crippen LogP contribution in [0.5, 0.6) is 0 Å². The van der Waals surface area contributed by atoms with Gasteiger partial charge in [0.2, 0.25) is 5.89 Å². The van der Waals surface area contributed by atoms with E-state index in [0.717, 1.165) is 20.1 Å². The molecular formula is C23H12BrCl2N3O2S2. The summed E-state index contributed by atoms with van der Waals surface area (Å²) in [6.45, 7) is 0. The highest BCUT2D eigenvalue weighted by atomic mass is 79.9. The van der Waals surface area contributed by atoms with Crippen molar-refractivity contribution < 1.29 is 9.21 Å². The number of fused-ring (bicyclic) bond motifs is 2. The highest BCUT2D eigenvalue weighted by Gasteiger charge is 2.18. The molecule has 0 atom stereocenters. The first-order valence-electron chi connectivity index (χ1n) is 9.54. The number of thiophene rings is 1. The quantitative estimate of drug-likeness (QED) is 0.214. The monoisotopic (exact) mass is 575 g/mol. The summed E-state index contributed by atoms with van der Waals surface area (Å²) in [5, 5.41) is 7.54. The van der Waals surface area contributed by atoms with E-state index < -0.39 is 5.91 Å². The Hall–Kier alpha value is -2.49. The number of nitrogens with one attached hydrogen (secondary N) is 2.